The van der Waals surface area contributed by atoms with E-state index in [1.807, 2.05) is 4.90 Å². The number of nitrogens with two attached hydrogens (primary N) is 1. The number of amides is 1. The van der Waals surface area contributed by atoms with Crippen molar-refractivity contribution >= 4 is 28.7 Å². The van der Waals surface area contributed by atoms with E-state index >= 15 is 0 Å². The largest absolute Gasteiger partial charge is 0.423 e. The van der Waals surface area contributed by atoms with Crippen LogP contribution >= 0.6 is 0 Å². The Hall–Kier alpha value is -2.24. The smallest absolute Gasteiger partial charge is 0.296 e. The Morgan fingerprint density at radius 2 is 2.21 bits per heavy atom. The van der Waals surface area contributed by atoms with E-state index in [0.29, 0.717) is 17.3 Å². The summed E-state index contributed by atoms with van der Waals surface area (Å²) < 4.78 is 5.49. The summed E-state index contributed by atoms with van der Waals surface area (Å²) in [5, 5.41) is 2.92. The lowest BCUT2D eigenvalue weighted by atomic mass is 10.3. The zero-order chi connectivity index (χ0) is 13.2. The molecule has 2 aromatic rings. The number of carbonyl (C=O) groups excluding carboxylic acids is 1. The first-order valence-electron chi connectivity index (χ1n) is 6.40. The van der Waals surface area contributed by atoms with Gasteiger partial charge in [-0.2, -0.15) is 4.98 Å². The minimum absolute atomic E-state index is 0.0827. The zero-order valence-corrected chi connectivity index (χ0v) is 10.6. The molecule has 6 heteroatoms. The van der Waals surface area contributed by atoms with Crippen molar-refractivity contribution in [3.05, 3.63) is 18.2 Å². The van der Waals surface area contributed by atoms with Crippen LogP contribution < -0.4 is 11.1 Å². The second-order valence-electron chi connectivity index (χ2n) is 4.69. The third-order valence-electron chi connectivity index (χ3n) is 3.26. The van der Waals surface area contributed by atoms with Crippen molar-refractivity contribution in [2.24, 2.45) is 0 Å². The van der Waals surface area contributed by atoms with Crippen molar-refractivity contribution in [2.75, 3.05) is 30.7 Å². The maximum atomic E-state index is 11.9. The van der Waals surface area contributed by atoms with E-state index in [1.54, 1.807) is 18.2 Å². The highest BCUT2D eigenvalue weighted by molar-refractivity contribution is 5.82. The van der Waals surface area contributed by atoms with Crippen molar-refractivity contribution in [1.29, 1.82) is 0 Å². The van der Waals surface area contributed by atoms with Crippen LogP contribution in [0.2, 0.25) is 0 Å². The first kappa shape index (κ1) is 11.8. The van der Waals surface area contributed by atoms with E-state index in [2.05, 4.69) is 10.3 Å². The molecule has 1 fully saturated rings. The molecule has 0 aliphatic carbocycles. The summed E-state index contributed by atoms with van der Waals surface area (Å²) in [5.41, 5.74) is 7.65. The molecule has 2 heterocycles. The van der Waals surface area contributed by atoms with Gasteiger partial charge in [-0.15, -0.1) is 0 Å². The molecule has 3 rings (SSSR count). The summed E-state index contributed by atoms with van der Waals surface area (Å²) in [5.74, 6) is 0.0827. The Kier molecular flexibility index (Phi) is 2.98. The lowest BCUT2D eigenvalue weighted by molar-refractivity contribution is -0.128. The summed E-state index contributed by atoms with van der Waals surface area (Å²) in [6.07, 6.45) is 2.18. The molecule has 1 aromatic heterocycles. The standard InChI is InChI=1S/C13H16N4O2/c14-9-3-4-10-11(7-9)19-13(16-10)15-8-12(18)17-5-1-2-6-17/h3-4,7H,1-2,5-6,8,14H2,(H,15,16). The minimum Gasteiger partial charge on any atom is -0.423 e. The molecule has 0 radical (unpaired) electrons. The van der Waals surface area contributed by atoms with Crippen LogP contribution in [0.5, 0.6) is 0 Å². The Bertz CT molecular complexity index is 602. The van der Waals surface area contributed by atoms with Gasteiger partial charge in [0, 0.05) is 24.8 Å². The normalized spacial score (nSPS) is 15.1. The van der Waals surface area contributed by atoms with Crippen LogP contribution in [0.1, 0.15) is 12.8 Å². The molecule has 0 spiro atoms. The first-order valence-corrected chi connectivity index (χ1v) is 6.40. The molecule has 1 aromatic carbocycles. The van der Waals surface area contributed by atoms with Gasteiger partial charge in [-0.05, 0) is 25.0 Å². The molecule has 0 atom stereocenters. The lowest BCUT2D eigenvalue weighted by Crippen LogP contribution is -2.33. The van der Waals surface area contributed by atoms with E-state index in [1.165, 1.54) is 0 Å². The predicted molar refractivity (Wildman–Crippen MR) is 72.7 cm³/mol. The Morgan fingerprint density at radius 1 is 1.42 bits per heavy atom. The molecule has 0 bridgehead atoms. The van der Waals surface area contributed by atoms with Crippen molar-refractivity contribution in [2.45, 2.75) is 12.8 Å². The van der Waals surface area contributed by atoms with Crippen LogP contribution in [0.3, 0.4) is 0 Å². The van der Waals surface area contributed by atoms with E-state index in [9.17, 15) is 4.79 Å². The molecule has 1 aliphatic rings. The maximum Gasteiger partial charge on any atom is 0.296 e. The molecule has 1 aliphatic heterocycles. The number of oxazole rings is 1. The fraction of sp³-hybridized carbons (Fsp3) is 0.385. The number of hydrogen-bond acceptors (Lipinski definition) is 5. The fourth-order valence-corrected chi connectivity index (χ4v) is 2.25. The highest BCUT2D eigenvalue weighted by atomic mass is 16.4. The molecule has 1 amide bonds. The van der Waals surface area contributed by atoms with Gasteiger partial charge < -0.3 is 20.4 Å². The highest BCUT2D eigenvalue weighted by Gasteiger charge is 2.18. The van der Waals surface area contributed by atoms with Crippen molar-refractivity contribution in [3.8, 4) is 0 Å². The van der Waals surface area contributed by atoms with Gasteiger partial charge in [0.05, 0.1) is 6.54 Å². The quantitative estimate of drug-likeness (QED) is 0.816. The molecule has 3 N–H and O–H groups in total. The van der Waals surface area contributed by atoms with Gasteiger partial charge in [-0.25, -0.2) is 0 Å². The van der Waals surface area contributed by atoms with Crippen LogP contribution in [0.25, 0.3) is 11.1 Å². The number of nitrogens with one attached hydrogen (secondary N) is 1. The number of benzene rings is 1. The van der Waals surface area contributed by atoms with Gasteiger partial charge in [0.25, 0.3) is 6.01 Å². The van der Waals surface area contributed by atoms with E-state index in [-0.39, 0.29) is 12.5 Å². The second-order valence-corrected chi connectivity index (χ2v) is 4.69. The highest BCUT2D eigenvalue weighted by Crippen LogP contribution is 2.21. The van der Waals surface area contributed by atoms with Crippen LogP contribution in [0, 0.1) is 0 Å². The number of carbonyl (C=O) groups is 1. The number of anilines is 2. The first-order chi connectivity index (χ1) is 9.22. The second kappa shape index (κ2) is 4.79. The van der Waals surface area contributed by atoms with Crippen molar-refractivity contribution in [3.63, 3.8) is 0 Å². The molecule has 0 saturated carbocycles. The molecule has 100 valence electrons. The van der Waals surface area contributed by atoms with Crippen LogP contribution in [0.4, 0.5) is 11.7 Å². The van der Waals surface area contributed by atoms with Gasteiger partial charge in [-0.1, -0.05) is 0 Å². The van der Waals surface area contributed by atoms with E-state index in [4.69, 9.17) is 10.2 Å². The molecule has 0 unspecified atom stereocenters. The summed E-state index contributed by atoms with van der Waals surface area (Å²) in [6.45, 7) is 1.91. The van der Waals surface area contributed by atoms with Gasteiger partial charge in [0.1, 0.15) is 5.52 Å². The summed E-state index contributed by atoms with van der Waals surface area (Å²) in [4.78, 5) is 18.0. The molecular weight excluding hydrogens is 244 g/mol. The fourth-order valence-electron chi connectivity index (χ4n) is 2.25. The summed E-state index contributed by atoms with van der Waals surface area (Å²) in [6, 6.07) is 5.63. The number of hydrogen-bond donors (Lipinski definition) is 2. The third-order valence-corrected chi connectivity index (χ3v) is 3.26. The van der Waals surface area contributed by atoms with Crippen LogP contribution in [-0.2, 0) is 4.79 Å². The van der Waals surface area contributed by atoms with Crippen molar-refractivity contribution < 1.29 is 9.21 Å². The van der Waals surface area contributed by atoms with E-state index in [0.717, 1.165) is 31.4 Å². The maximum absolute atomic E-state index is 11.9. The zero-order valence-electron chi connectivity index (χ0n) is 10.6. The Morgan fingerprint density at radius 3 is 3.00 bits per heavy atom. The molecule has 6 nitrogen and oxygen atoms in total. The van der Waals surface area contributed by atoms with E-state index < -0.39 is 0 Å². The lowest BCUT2D eigenvalue weighted by Gasteiger charge is -2.14. The average molecular weight is 260 g/mol. The molecule has 19 heavy (non-hydrogen) atoms. The minimum atomic E-state index is 0.0827. The van der Waals surface area contributed by atoms with Gasteiger partial charge >= 0.3 is 0 Å². The Balaban J connectivity index is 1.66. The predicted octanol–water partition coefficient (Wildman–Crippen LogP) is 1.44. The van der Waals surface area contributed by atoms with Crippen LogP contribution in [0.15, 0.2) is 22.6 Å². The number of rotatable bonds is 3. The average Bonchev–Trinajstić information content (AvgIpc) is 3.04. The number of nitrogens with zero attached hydrogens (tertiary/aromatic N) is 2. The Labute approximate surface area is 110 Å². The van der Waals surface area contributed by atoms with Gasteiger partial charge in [0.15, 0.2) is 5.58 Å². The van der Waals surface area contributed by atoms with Crippen molar-refractivity contribution in [1.82, 2.24) is 9.88 Å². The SMILES string of the molecule is Nc1ccc2nc(NCC(=O)N3CCCC3)oc2c1. The number of fused-ring (bicyclic) bond motifs is 1. The summed E-state index contributed by atoms with van der Waals surface area (Å²) in [7, 11) is 0. The topological polar surface area (TPSA) is 84.4 Å². The van der Waals surface area contributed by atoms with Crippen LogP contribution in [-0.4, -0.2) is 35.4 Å². The third kappa shape index (κ3) is 2.47. The number of likely N-dealkylation sites (tertiary alicyclic amines) is 1. The number of nitrogen functional groups attached to an aromatic ring is 1. The number of aromatic nitrogens is 1. The molecular formula is C13H16N4O2. The summed E-state index contributed by atoms with van der Waals surface area (Å²) >= 11 is 0. The molecule has 1 saturated heterocycles. The van der Waals surface area contributed by atoms with Gasteiger partial charge in [-0.3, -0.25) is 4.79 Å². The monoisotopic (exact) mass is 260 g/mol. The van der Waals surface area contributed by atoms with Gasteiger partial charge in [0.2, 0.25) is 5.91 Å².